The SMILES string of the molecule is CCC(C)C1CN(Cc2cc(Br)ccc2F)CCCN1. The van der Waals surface area contributed by atoms with Gasteiger partial charge in [-0.1, -0.05) is 36.2 Å². The summed E-state index contributed by atoms with van der Waals surface area (Å²) in [4.78, 5) is 2.38. The van der Waals surface area contributed by atoms with Gasteiger partial charge in [-0.25, -0.2) is 4.39 Å². The van der Waals surface area contributed by atoms with Crippen molar-refractivity contribution in [3.05, 3.63) is 34.1 Å². The van der Waals surface area contributed by atoms with E-state index >= 15 is 0 Å². The standard InChI is InChI=1S/C16H24BrFN2/c1-3-12(2)16-11-20(8-4-7-19-16)10-13-9-14(17)5-6-15(13)18/h5-6,9,12,16,19H,3-4,7-8,10-11H2,1-2H3. The van der Waals surface area contributed by atoms with E-state index in [4.69, 9.17) is 0 Å². The van der Waals surface area contributed by atoms with Crippen LogP contribution >= 0.6 is 15.9 Å². The van der Waals surface area contributed by atoms with Crippen molar-refractivity contribution in [3.8, 4) is 0 Å². The van der Waals surface area contributed by atoms with Crippen LogP contribution in [0.2, 0.25) is 0 Å². The molecule has 0 aliphatic carbocycles. The summed E-state index contributed by atoms with van der Waals surface area (Å²) in [5, 5.41) is 3.63. The van der Waals surface area contributed by atoms with Crippen LogP contribution in [0.3, 0.4) is 0 Å². The number of nitrogens with one attached hydrogen (secondary N) is 1. The second-order valence-electron chi connectivity index (χ2n) is 5.77. The van der Waals surface area contributed by atoms with E-state index in [1.54, 1.807) is 12.1 Å². The first-order chi connectivity index (χ1) is 9.60. The highest BCUT2D eigenvalue weighted by atomic mass is 79.9. The summed E-state index contributed by atoms with van der Waals surface area (Å²) < 4.78 is 14.8. The molecule has 4 heteroatoms. The molecule has 0 radical (unpaired) electrons. The van der Waals surface area contributed by atoms with Crippen LogP contribution in [0, 0.1) is 11.7 Å². The number of benzene rings is 1. The second-order valence-corrected chi connectivity index (χ2v) is 6.69. The molecule has 1 aromatic carbocycles. The van der Waals surface area contributed by atoms with Crippen LogP contribution in [0.4, 0.5) is 4.39 Å². The van der Waals surface area contributed by atoms with Gasteiger partial charge in [0.1, 0.15) is 5.82 Å². The van der Waals surface area contributed by atoms with Crippen molar-refractivity contribution in [2.75, 3.05) is 19.6 Å². The van der Waals surface area contributed by atoms with E-state index in [-0.39, 0.29) is 5.82 Å². The molecule has 0 aromatic heterocycles. The molecule has 0 spiro atoms. The fourth-order valence-electron chi connectivity index (χ4n) is 2.74. The van der Waals surface area contributed by atoms with Crippen molar-refractivity contribution in [1.82, 2.24) is 10.2 Å². The Morgan fingerprint density at radius 2 is 2.30 bits per heavy atom. The van der Waals surface area contributed by atoms with Gasteiger partial charge in [0.05, 0.1) is 0 Å². The highest BCUT2D eigenvalue weighted by Crippen LogP contribution is 2.19. The van der Waals surface area contributed by atoms with Crippen LogP contribution in [-0.2, 0) is 6.54 Å². The number of nitrogens with zero attached hydrogens (tertiary/aromatic N) is 1. The summed E-state index contributed by atoms with van der Waals surface area (Å²) in [5.41, 5.74) is 0.782. The molecule has 2 unspecified atom stereocenters. The van der Waals surface area contributed by atoms with Crippen molar-refractivity contribution >= 4 is 15.9 Å². The van der Waals surface area contributed by atoms with Crippen LogP contribution < -0.4 is 5.32 Å². The van der Waals surface area contributed by atoms with E-state index in [2.05, 4.69) is 40.0 Å². The summed E-state index contributed by atoms with van der Waals surface area (Å²) in [7, 11) is 0. The largest absolute Gasteiger partial charge is 0.312 e. The third-order valence-electron chi connectivity index (χ3n) is 4.25. The molecule has 1 N–H and O–H groups in total. The van der Waals surface area contributed by atoms with Crippen molar-refractivity contribution in [1.29, 1.82) is 0 Å². The Kier molecular flexibility index (Phi) is 6.00. The lowest BCUT2D eigenvalue weighted by Gasteiger charge is -2.28. The lowest BCUT2D eigenvalue weighted by atomic mass is 9.99. The molecule has 2 rings (SSSR count). The van der Waals surface area contributed by atoms with Crippen LogP contribution in [-0.4, -0.2) is 30.6 Å². The zero-order valence-corrected chi connectivity index (χ0v) is 13.9. The summed E-state index contributed by atoms with van der Waals surface area (Å²) in [6.45, 7) is 8.32. The smallest absolute Gasteiger partial charge is 0.127 e. The molecule has 0 saturated carbocycles. The Morgan fingerprint density at radius 1 is 1.50 bits per heavy atom. The zero-order valence-electron chi connectivity index (χ0n) is 12.3. The summed E-state index contributed by atoms with van der Waals surface area (Å²) in [6, 6.07) is 5.70. The van der Waals surface area contributed by atoms with Crippen molar-refractivity contribution < 1.29 is 4.39 Å². The van der Waals surface area contributed by atoms with Gasteiger partial charge in [-0.15, -0.1) is 0 Å². The summed E-state index contributed by atoms with van der Waals surface area (Å²) in [6.07, 6.45) is 2.30. The fraction of sp³-hybridized carbons (Fsp3) is 0.625. The van der Waals surface area contributed by atoms with Crippen molar-refractivity contribution in [2.45, 2.75) is 39.3 Å². The molecule has 2 nitrogen and oxygen atoms in total. The van der Waals surface area contributed by atoms with E-state index in [0.29, 0.717) is 18.5 Å². The van der Waals surface area contributed by atoms with E-state index < -0.39 is 0 Å². The Hall–Kier alpha value is -0.450. The molecule has 1 saturated heterocycles. The molecule has 112 valence electrons. The van der Waals surface area contributed by atoms with Gasteiger partial charge in [-0.3, -0.25) is 4.90 Å². The lowest BCUT2D eigenvalue weighted by molar-refractivity contribution is 0.229. The first kappa shape index (κ1) is 15.9. The van der Waals surface area contributed by atoms with E-state index in [1.165, 1.54) is 6.42 Å². The van der Waals surface area contributed by atoms with E-state index in [1.807, 2.05) is 6.07 Å². The third-order valence-corrected chi connectivity index (χ3v) is 4.74. The molecule has 1 fully saturated rings. The topological polar surface area (TPSA) is 15.3 Å². The van der Waals surface area contributed by atoms with Gasteiger partial charge in [0.15, 0.2) is 0 Å². The molecular weight excluding hydrogens is 319 g/mol. The second kappa shape index (κ2) is 7.53. The summed E-state index contributed by atoms with van der Waals surface area (Å²) >= 11 is 3.43. The van der Waals surface area contributed by atoms with Crippen molar-refractivity contribution in [2.24, 2.45) is 5.92 Å². The van der Waals surface area contributed by atoms with Gasteiger partial charge in [0, 0.05) is 29.2 Å². The maximum Gasteiger partial charge on any atom is 0.127 e. The number of hydrogen-bond donors (Lipinski definition) is 1. The Bertz CT molecular complexity index is 438. The Balaban J connectivity index is 2.05. The van der Waals surface area contributed by atoms with Gasteiger partial charge in [0.25, 0.3) is 0 Å². The van der Waals surface area contributed by atoms with Crippen LogP contribution in [0.5, 0.6) is 0 Å². The van der Waals surface area contributed by atoms with E-state index in [9.17, 15) is 4.39 Å². The number of halogens is 2. The number of hydrogen-bond acceptors (Lipinski definition) is 2. The molecule has 1 aromatic rings. The molecule has 0 amide bonds. The van der Waals surface area contributed by atoms with Gasteiger partial charge in [-0.05, 0) is 43.6 Å². The van der Waals surface area contributed by atoms with Gasteiger partial charge in [0.2, 0.25) is 0 Å². The molecule has 20 heavy (non-hydrogen) atoms. The minimum atomic E-state index is -0.106. The highest BCUT2D eigenvalue weighted by molar-refractivity contribution is 9.10. The van der Waals surface area contributed by atoms with Gasteiger partial charge >= 0.3 is 0 Å². The van der Waals surface area contributed by atoms with Crippen LogP contribution in [0.25, 0.3) is 0 Å². The average molecular weight is 343 g/mol. The first-order valence-electron chi connectivity index (χ1n) is 7.49. The quantitative estimate of drug-likeness (QED) is 0.895. The maximum absolute atomic E-state index is 13.9. The predicted octanol–water partition coefficient (Wildman–Crippen LogP) is 3.80. The molecule has 1 heterocycles. The molecule has 1 aliphatic heterocycles. The highest BCUT2D eigenvalue weighted by Gasteiger charge is 2.22. The first-order valence-corrected chi connectivity index (χ1v) is 8.29. The lowest BCUT2D eigenvalue weighted by Crippen LogP contribution is -2.41. The zero-order chi connectivity index (χ0) is 14.5. The third kappa shape index (κ3) is 4.27. The molecule has 2 atom stereocenters. The van der Waals surface area contributed by atoms with Crippen LogP contribution in [0.1, 0.15) is 32.3 Å². The molecule has 1 aliphatic rings. The average Bonchev–Trinajstić information content (AvgIpc) is 2.67. The number of rotatable bonds is 4. The molecular formula is C16H24BrFN2. The van der Waals surface area contributed by atoms with E-state index in [0.717, 1.165) is 36.1 Å². The van der Waals surface area contributed by atoms with Crippen molar-refractivity contribution in [3.63, 3.8) is 0 Å². The summed E-state index contributed by atoms with van der Waals surface area (Å²) in [5.74, 6) is 0.549. The van der Waals surface area contributed by atoms with Gasteiger partial charge < -0.3 is 5.32 Å². The Labute approximate surface area is 129 Å². The normalized spacial score (nSPS) is 22.5. The monoisotopic (exact) mass is 342 g/mol. The van der Waals surface area contributed by atoms with Gasteiger partial charge in [-0.2, -0.15) is 0 Å². The maximum atomic E-state index is 13.9. The fourth-order valence-corrected chi connectivity index (χ4v) is 3.15. The molecule has 0 bridgehead atoms. The predicted molar refractivity (Wildman–Crippen MR) is 85.2 cm³/mol. The van der Waals surface area contributed by atoms with Crippen LogP contribution in [0.15, 0.2) is 22.7 Å². The Morgan fingerprint density at radius 3 is 3.05 bits per heavy atom. The minimum Gasteiger partial charge on any atom is -0.312 e. The minimum absolute atomic E-state index is 0.106.